The van der Waals surface area contributed by atoms with Crippen LogP contribution in [0, 0.1) is 0 Å². The molecule has 1 amide bonds. The molecule has 1 aromatic heterocycles. The van der Waals surface area contributed by atoms with Gasteiger partial charge in [-0.05, 0) is 71.9 Å². The standard InChI is InChI=1S/C17H28N2OS/c1-11(18-12(2)16(20)19-17(3,4)5)15-10-13-8-6-7-9-14(13)21-15/h10-12,18H,6-9H2,1-5H3,(H,19,20). The molecule has 2 unspecified atom stereocenters. The van der Waals surface area contributed by atoms with Crippen molar-refractivity contribution in [2.75, 3.05) is 0 Å². The van der Waals surface area contributed by atoms with Gasteiger partial charge in [-0.1, -0.05) is 0 Å². The van der Waals surface area contributed by atoms with Crippen molar-refractivity contribution < 1.29 is 4.79 Å². The second-order valence-electron chi connectivity index (χ2n) is 7.15. The van der Waals surface area contributed by atoms with Crippen LogP contribution in [0.2, 0.25) is 0 Å². The first-order valence-electron chi connectivity index (χ1n) is 7.96. The normalized spacial score (nSPS) is 18.0. The van der Waals surface area contributed by atoms with E-state index in [0.29, 0.717) is 0 Å². The summed E-state index contributed by atoms with van der Waals surface area (Å²) in [5, 5.41) is 6.45. The molecule has 0 fully saturated rings. The van der Waals surface area contributed by atoms with Gasteiger partial charge >= 0.3 is 0 Å². The van der Waals surface area contributed by atoms with Crippen LogP contribution in [0.3, 0.4) is 0 Å². The molecule has 2 rings (SSSR count). The van der Waals surface area contributed by atoms with Gasteiger partial charge in [-0.25, -0.2) is 0 Å². The molecule has 0 saturated heterocycles. The lowest BCUT2D eigenvalue weighted by Crippen LogP contribution is -2.49. The van der Waals surface area contributed by atoms with Gasteiger partial charge in [-0.15, -0.1) is 11.3 Å². The fourth-order valence-electron chi connectivity index (χ4n) is 2.74. The van der Waals surface area contributed by atoms with Crippen LogP contribution in [-0.4, -0.2) is 17.5 Å². The van der Waals surface area contributed by atoms with Crippen LogP contribution in [0.15, 0.2) is 6.07 Å². The highest BCUT2D eigenvalue weighted by Gasteiger charge is 2.22. The second-order valence-corrected chi connectivity index (χ2v) is 8.32. The monoisotopic (exact) mass is 308 g/mol. The average molecular weight is 308 g/mol. The highest BCUT2D eigenvalue weighted by Crippen LogP contribution is 2.32. The topological polar surface area (TPSA) is 41.1 Å². The summed E-state index contributed by atoms with van der Waals surface area (Å²) in [7, 11) is 0. The number of fused-ring (bicyclic) bond motifs is 1. The number of amides is 1. The molecule has 21 heavy (non-hydrogen) atoms. The first kappa shape index (κ1) is 16.5. The molecule has 0 radical (unpaired) electrons. The maximum absolute atomic E-state index is 12.1. The van der Waals surface area contributed by atoms with Crippen LogP contribution in [0.1, 0.15) is 68.8 Å². The number of aryl methyl sites for hydroxylation is 2. The van der Waals surface area contributed by atoms with E-state index in [9.17, 15) is 4.79 Å². The van der Waals surface area contributed by atoms with Gasteiger partial charge < -0.3 is 5.32 Å². The molecule has 2 atom stereocenters. The molecular weight excluding hydrogens is 280 g/mol. The maximum atomic E-state index is 12.1. The fraction of sp³-hybridized carbons (Fsp3) is 0.706. The van der Waals surface area contributed by atoms with Crippen molar-refractivity contribution in [2.24, 2.45) is 0 Å². The number of carbonyl (C=O) groups excluding carboxylic acids is 1. The number of thiophene rings is 1. The van der Waals surface area contributed by atoms with E-state index in [1.807, 2.05) is 39.0 Å². The lowest BCUT2D eigenvalue weighted by Gasteiger charge is -2.25. The molecule has 1 aliphatic rings. The summed E-state index contributed by atoms with van der Waals surface area (Å²) in [4.78, 5) is 15.1. The quantitative estimate of drug-likeness (QED) is 0.892. The molecule has 1 aliphatic carbocycles. The Balaban J connectivity index is 1.96. The molecule has 1 heterocycles. The molecule has 0 aliphatic heterocycles. The van der Waals surface area contributed by atoms with Gasteiger partial charge in [-0.2, -0.15) is 0 Å². The molecule has 4 heteroatoms. The predicted octanol–water partition coefficient (Wildman–Crippen LogP) is 3.58. The van der Waals surface area contributed by atoms with Crippen molar-refractivity contribution in [2.45, 2.75) is 77.9 Å². The molecule has 1 aromatic rings. The summed E-state index contributed by atoms with van der Waals surface area (Å²) in [6.07, 6.45) is 5.08. The number of rotatable bonds is 4. The van der Waals surface area contributed by atoms with Crippen LogP contribution >= 0.6 is 11.3 Å². The molecule has 3 nitrogen and oxygen atoms in total. The van der Waals surface area contributed by atoms with Crippen molar-refractivity contribution in [3.63, 3.8) is 0 Å². The lowest BCUT2D eigenvalue weighted by molar-refractivity contribution is -0.124. The van der Waals surface area contributed by atoms with Crippen LogP contribution in [-0.2, 0) is 17.6 Å². The van der Waals surface area contributed by atoms with E-state index >= 15 is 0 Å². The van der Waals surface area contributed by atoms with E-state index in [4.69, 9.17) is 0 Å². The molecular formula is C17H28N2OS. The Morgan fingerprint density at radius 2 is 1.90 bits per heavy atom. The summed E-state index contributed by atoms with van der Waals surface area (Å²) >= 11 is 1.92. The Kier molecular flexibility index (Phi) is 5.10. The first-order valence-corrected chi connectivity index (χ1v) is 8.77. The number of carbonyl (C=O) groups is 1. The van der Waals surface area contributed by atoms with Crippen molar-refractivity contribution in [1.82, 2.24) is 10.6 Å². The highest BCUT2D eigenvalue weighted by molar-refractivity contribution is 7.12. The van der Waals surface area contributed by atoms with Gasteiger partial charge in [0.05, 0.1) is 6.04 Å². The van der Waals surface area contributed by atoms with Gasteiger partial charge in [0.25, 0.3) is 0 Å². The molecule has 0 spiro atoms. The predicted molar refractivity (Wildman–Crippen MR) is 89.9 cm³/mol. The first-order chi connectivity index (χ1) is 9.76. The maximum Gasteiger partial charge on any atom is 0.237 e. The minimum Gasteiger partial charge on any atom is -0.350 e. The van der Waals surface area contributed by atoms with Gasteiger partial charge in [0.15, 0.2) is 0 Å². The Morgan fingerprint density at radius 1 is 1.24 bits per heavy atom. The third kappa shape index (κ3) is 4.55. The SMILES string of the molecule is CC(NC(C)c1cc2c(s1)CCCC2)C(=O)NC(C)(C)C. The van der Waals surface area contributed by atoms with Crippen LogP contribution in [0.25, 0.3) is 0 Å². The zero-order valence-electron chi connectivity index (χ0n) is 13.9. The minimum absolute atomic E-state index is 0.0654. The fourth-order valence-corrected chi connectivity index (χ4v) is 4.01. The summed E-state index contributed by atoms with van der Waals surface area (Å²) < 4.78 is 0. The largest absolute Gasteiger partial charge is 0.350 e. The van der Waals surface area contributed by atoms with E-state index in [1.54, 1.807) is 4.88 Å². The molecule has 118 valence electrons. The third-order valence-electron chi connectivity index (χ3n) is 3.83. The number of hydrogen-bond acceptors (Lipinski definition) is 3. The van der Waals surface area contributed by atoms with E-state index in [-0.39, 0.29) is 23.5 Å². The van der Waals surface area contributed by atoms with Crippen molar-refractivity contribution in [1.29, 1.82) is 0 Å². The molecule has 0 saturated carbocycles. The van der Waals surface area contributed by atoms with Crippen molar-refractivity contribution in [3.05, 3.63) is 21.4 Å². The second kappa shape index (κ2) is 6.49. The Bertz CT molecular complexity index is 478. The number of nitrogens with one attached hydrogen (secondary N) is 2. The summed E-state index contributed by atoms with van der Waals surface area (Å²) in [6.45, 7) is 10.1. The Morgan fingerprint density at radius 3 is 2.52 bits per heavy atom. The van der Waals surface area contributed by atoms with E-state index < -0.39 is 0 Å². The molecule has 0 aromatic carbocycles. The minimum atomic E-state index is -0.182. The van der Waals surface area contributed by atoms with Crippen LogP contribution in [0.4, 0.5) is 0 Å². The van der Waals surface area contributed by atoms with Gasteiger partial charge in [0, 0.05) is 21.3 Å². The third-order valence-corrected chi connectivity index (χ3v) is 5.25. The van der Waals surface area contributed by atoms with Gasteiger partial charge in [-0.3, -0.25) is 10.1 Å². The Labute approximate surface area is 132 Å². The molecule has 0 bridgehead atoms. The van der Waals surface area contributed by atoms with Crippen molar-refractivity contribution >= 4 is 17.2 Å². The summed E-state index contributed by atoms with van der Waals surface area (Å²) in [6, 6.07) is 2.38. The Hall–Kier alpha value is -0.870. The van der Waals surface area contributed by atoms with Gasteiger partial charge in [0.1, 0.15) is 0 Å². The molecule has 2 N–H and O–H groups in total. The van der Waals surface area contributed by atoms with E-state index in [2.05, 4.69) is 23.6 Å². The summed E-state index contributed by atoms with van der Waals surface area (Å²) in [5.41, 5.74) is 1.35. The van der Waals surface area contributed by atoms with Crippen LogP contribution in [0.5, 0.6) is 0 Å². The number of hydrogen-bond donors (Lipinski definition) is 2. The lowest BCUT2D eigenvalue weighted by atomic mass is 9.99. The zero-order chi connectivity index (χ0) is 15.6. The smallest absolute Gasteiger partial charge is 0.237 e. The van der Waals surface area contributed by atoms with E-state index in [0.717, 1.165) is 0 Å². The van der Waals surface area contributed by atoms with Crippen LogP contribution < -0.4 is 10.6 Å². The van der Waals surface area contributed by atoms with Gasteiger partial charge in [0.2, 0.25) is 5.91 Å². The average Bonchev–Trinajstić information content (AvgIpc) is 2.80. The summed E-state index contributed by atoms with van der Waals surface area (Å²) in [5.74, 6) is 0.0654. The zero-order valence-corrected chi connectivity index (χ0v) is 14.7. The van der Waals surface area contributed by atoms with E-state index in [1.165, 1.54) is 36.1 Å². The highest BCUT2D eigenvalue weighted by atomic mass is 32.1. The van der Waals surface area contributed by atoms with Crippen molar-refractivity contribution in [3.8, 4) is 0 Å².